The first-order valence-corrected chi connectivity index (χ1v) is 8.71. The lowest BCUT2D eigenvalue weighted by Crippen LogP contribution is -2.29. The van der Waals surface area contributed by atoms with Gasteiger partial charge in [0, 0.05) is 29.4 Å². The van der Waals surface area contributed by atoms with Gasteiger partial charge in [0.1, 0.15) is 5.82 Å². The second kappa shape index (κ2) is 6.76. The quantitative estimate of drug-likeness (QED) is 0.874. The summed E-state index contributed by atoms with van der Waals surface area (Å²) in [4.78, 5) is 4.14. The lowest BCUT2D eigenvalue weighted by Gasteiger charge is -2.09. The smallest absolute Gasteiger partial charge is 0.215 e. The van der Waals surface area contributed by atoms with Crippen LogP contribution in [0.5, 0.6) is 0 Å². The molecule has 1 aromatic heterocycles. The van der Waals surface area contributed by atoms with Gasteiger partial charge in [-0.3, -0.25) is 0 Å². The average molecular weight is 346 g/mol. The number of nitrogens with zero attached hydrogens (tertiary/aromatic N) is 2. The summed E-state index contributed by atoms with van der Waals surface area (Å²) in [7, 11) is -3.61. The fourth-order valence-corrected chi connectivity index (χ4v) is 3.29. The van der Waals surface area contributed by atoms with Crippen LogP contribution in [0, 0.1) is 19.7 Å². The number of benzene rings is 1. The highest BCUT2D eigenvalue weighted by atomic mass is 35.5. The molecule has 120 valence electrons. The first kappa shape index (κ1) is 16.9. The molecule has 0 unspecified atom stereocenters. The molecular formula is C14H17ClFN3O2S. The van der Waals surface area contributed by atoms with E-state index in [1.807, 2.05) is 18.4 Å². The van der Waals surface area contributed by atoms with E-state index < -0.39 is 21.6 Å². The maximum atomic E-state index is 13.6. The van der Waals surface area contributed by atoms with Crippen molar-refractivity contribution in [3.63, 3.8) is 0 Å². The first-order chi connectivity index (χ1) is 10.3. The van der Waals surface area contributed by atoms with Crippen LogP contribution in [0.15, 0.2) is 24.5 Å². The van der Waals surface area contributed by atoms with Crippen LogP contribution in [0.4, 0.5) is 4.39 Å². The van der Waals surface area contributed by atoms with Gasteiger partial charge in [-0.2, -0.15) is 0 Å². The number of aromatic nitrogens is 2. The number of nitrogens with one attached hydrogen (secondary N) is 1. The van der Waals surface area contributed by atoms with E-state index in [0.29, 0.717) is 6.54 Å². The summed E-state index contributed by atoms with van der Waals surface area (Å²) >= 11 is 5.64. The van der Waals surface area contributed by atoms with Gasteiger partial charge in [0.15, 0.2) is 0 Å². The van der Waals surface area contributed by atoms with Gasteiger partial charge in [0.05, 0.1) is 17.8 Å². The van der Waals surface area contributed by atoms with Crippen molar-refractivity contribution < 1.29 is 12.8 Å². The summed E-state index contributed by atoms with van der Waals surface area (Å²) < 4.78 is 41.9. The summed E-state index contributed by atoms with van der Waals surface area (Å²) in [5, 5.41) is 0.234. The van der Waals surface area contributed by atoms with Crippen LogP contribution in [0.25, 0.3) is 0 Å². The summed E-state index contributed by atoms with van der Waals surface area (Å²) in [5.74, 6) is -1.04. The maximum absolute atomic E-state index is 13.6. The Morgan fingerprint density at radius 3 is 2.68 bits per heavy atom. The minimum atomic E-state index is -3.61. The first-order valence-electron chi connectivity index (χ1n) is 6.68. The molecule has 0 saturated carbocycles. The molecule has 0 spiro atoms. The third kappa shape index (κ3) is 4.28. The fraction of sp³-hybridized carbons (Fsp3) is 0.357. The Balaban J connectivity index is 1.95. The lowest BCUT2D eigenvalue weighted by molar-refractivity contribution is 0.565. The monoisotopic (exact) mass is 345 g/mol. The van der Waals surface area contributed by atoms with Crippen molar-refractivity contribution in [3.8, 4) is 0 Å². The van der Waals surface area contributed by atoms with Crippen LogP contribution < -0.4 is 4.72 Å². The van der Waals surface area contributed by atoms with Gasteiger partial charge in [-0.15, -0.1) is 0 Å². The number of rotatable bonds is 6. The van der Waals surface area contributed by atoms with Crippen LogP contribution in [0.2, 0.25) is 5.02 Å². The van der Waals surface area contributed by atoms with E-state index in [1.54, 1.807) is 6.33 Å². The van der Waals surface area contributed by atoms with E-state index in [0.717, 1.165) is 17.5 Å². The van der Waals surface area contributed by atoms with Gasteiger partial charge in [0.2, 0.25) is 10.0 Å². The molecule has 1 heterocycles. The molecule has 2 rings (SSSR count). The maximum Gasteiger partial charge on any atom is 0.215 e. The average Bonchev–Trinajstić information content (AvgIpc) is 2.74. The van der Waals surface area contributed by atoms with E-state index in [1.165, 1.54) is 12.1 Å². The van der Waals surface area contributed by atoms with Crippen LogP contribution in [0.1, 0.15) is 17.0 Å². The van der Waals surface area contributed by atoms with Crippen molar-refractivity contribution in [2.75, 3.05) is 6.54 Å². The molecule has 8 heteroatoms. The molecule has 1 N–H and O–H groups in total. The fourth-order valence-electron chi connectivity index (χ4n) is 1.99. The van der Waals surface area contributed by atoms with Crippen molar-refractivity contribution in [1.82, 2.24) is 14.3 Å². The second-order valence-electron chi connectivity index (χ2n) is 5.00. The molecule has 0 bridgehead atoms. The summed E-state index contributed by atoms with van der Waals surface area (Å²) in [6.07, 6.45) is 1.66. The predicted octanol–water partition coefficient (Wildman–Crippen LogP) is 2.41. The summed E-state index contributed by atoms with van der Waals surface area (Å²) in [6, 6.07) is 3.94. The molecule has 5 nitrogen and oxygen atoms in total. The van der Waals surface area contributed by atoms with Gasteiger partial charge in [-0.25, -0.2) is 22.5 Å². The number of sulfonamides is 1. The number of hydrogen-bond acceptors (Lipinski definition) is 3. The van der Waals surface area contributed by atoms with E-state index >= 15 is 0 Å². The Bertz CT molecular complexity index is 774. The Hall–Kier alpha value is -1.44. The van der Waals surface area contributed by atoms with Crippen molar-refractivity contribution >= 4 is 21.6 Å². The molecule has 0 amide bonds. The Morgan fingerprint density at radius 1 is 1.36 bits per heavy atom. The summed E-state index contributed by atoms with van der Waals surface area (Å²) in [6.45, 7) is 4.49. The largest absolute Gasteiger partial charge is 0.333 e. The van der Waals surface area contributed by atoms with Crippen LogP contribution in [-0.4, -0.2) is 24.5 Å². The SMILES string of the molecule is Cc1ncn(CCNS(=O)(=O)Cc2ccc(Cl)cc2F)c1C. The number of hydrogen-bond donors (Lipinski definition) is 1. The van der Waals surface area contributed by atoms with Crippen molar-refractivity contribution in [2.45, 2.75) is 26.1 Å². The Labute approximate surface area is 134 Å². The third-order valence-corrected chi connectivity index (χ3v) is 4.95. The molecular weight excluding hydrogens is 329 g/mol. The standard InChI is InChI=1S/C14H17ClFN3O2S/c1-10-11(2)19(9-17-10)6-5-18-22(20,21)8-12-3-4-13(15)7-14(12)16/h3-4,7,9,18H,5-6,8H2,1-2H3. The van der Waals surface area contributed by atoms with Gasteiger partial charge in [0.25, 0.3) is 0 Å². The molecule has 0 fully saturated rings. The molecule has 2 aromatic rings. The molecule has 22 heavy (non-hydrogen) atoms. The van der Waals surface area contributed by atoms with Gasteiger partial charge >= 0.3 is 0 Å². The van der Waals surface area contributed by atoms with Gasteiger partial charge in [-0.1, -0.05) is 17.7 Å². The number of halogens is 2. The van der Waals surface area contributed by atoms with E-state index in [2.05, 4.69) is 9.71 Å². The highest BCUT2D eigenvalue weighted by Crippen LogP contribution is 2.16. The van der Waals surface area contributed by atoms with E-state index in [4.69, 9.17) is 11.6 Å². The molecule has 0 aliphatic rings. The lowest BCUT2D eigenvalue weighted by atomic mass is 10.2. The minimum Gasteiger partial charge on any atom is -0.333 e. The van der Waals surface area contributed by atoms with Crippen molar-refractivity contribution in [1.29, 1.82) is 0 Å². The number of imidazole rings is 1. The van der Waals surface area contributed by atoms with Crippen molar-refractivity contribution in [2.24, 2.45) is 0 Å². The molecule has 0 radical (unpaired) electrons. The van der Waals surface area contributed by atoms with E-state index in [9.17, 15) is 12.8 Å². The topological polar surface area (TPSA) is 64.0 Å². The van der Waals surface area contributed by atoms with Gasteiger partial charge < -0.3 is 4.57 Å². The van der Waals surface area contributed by atoms with Crippen molar-refractivity contribution in [3.05, 3.63) is 52.3 Å². The minimum absolute atomic E-state index is 0.0894. The second-order valence-corrected chi connectivity index (χ2v) is 7.24. The van der Waals surface area contributed by atoms with Crippen LogP contribution >= 0.6 is 11.6 Å². The molecule has 1 aromatic carbocycles. The predicted molar refractivity (Wildman–Crippen MR) is 83.7 cm³/mol. The zero-order valence-electron chi connectivity index (χ0n) is 12.3. The number of aryl methyl sites for hydroxylation is 1. The molecule has 0 saturated heterocycles. The Morgan fingerprint density at radius 2 is 2.09 bits per heavy atom. The highest BCUT2D eigenvalue weighted by Gasteiger charge is 2.14. The Kier molecular flexibility index (Phi) is 5.20. The zero-order chi connectivity index (χ0) is 16.3. The normalized spacial score (nSPS) is 11.8. The summed E-state index contributed by atoms with van der Waals surface area (Å²) in [5.41, 5.74) is 1.99. The molecule has 0 aliphatic carbocycles. The zero-order valence-corrected chi connectivity index (χ0v) is 13.9. The van der Waals surface area contributed by atoms with E-state index in [-0.39, 0.29) is 17.1 Å². The third-order valence-electron chi connectivity index (χ3n) is 3.38. The molecule has 0 atom stereocenters. The van der Waals surface area contributed by atoms with Crippen LogP contribution in [0.3, 0.4) is 0 Å². The molecule has 0 aliphatic heterocycles. The highest BCUT2D eigenvalue weighted by molar-refractivity contribution is 7.88. The van der Waals surface area contributed by atoms with Gasteiger partial charge in [-0.05, 0) is 26.0 Å². The van der Waals surface area contributed by atoms with Crippen LogP contribution in [-0.2, 0) is 22.3 Å².